The molecule has 0 bridgehead atoms. The van der Waals surface area contributed by atoms with Gasteiger partial charge in [0.15, 0.2) is 0 Å². The van der Waals surface area contributed by atoms with Crippen molar-refractivity contribution >= 4 is 34.2 Å². The van der Waals surface area contributed by atoms with Gasteiger partial charge in [-0.05, 0) is 81.5 Å². The molecule has 6 rings (SSSR count). The van der Waals surface area contributed by atoms with Crippen LogP contribution >= 0.6 is 11.6 Å². The minimum atomic E-state index is -0.0190. The van der Waals surface area contributed by atoms with E-state index < -0.39 is 0 Å². The fraction of sp³-hybridized carbons (Fsp3) is 0.355. The predicted molar refractivity (Wildman–Crippen MR) is 160 cm³/mol. The lowest BCUT2D eigenvalue weighted by Gasteiger charge is -2.34. The zero-order chi connectivity index (χ0) is 26.9. The summed E-state index contributed by atoms with van der Waals surface area (Å²) in [5.41, 5.74) is 6.68. The lowest BCUT2D eigenvalue weighted by Crippen LogP contribution is -2.44. The molecule has 2 aliphatic heterocycles. The van der Waals surface area contributed by atoms with Crippen LogP contribution in [0.3, 0.4) is 0 Å². The van der Waals surface area contributed by atoms with E-state index in [9.17, 15) is 4.79 Å². The second-order valence-electron chi connectivity index (χ2n) is 10.9. The number of aromatic amines is 1. The zero-order valence-electron chi connectivity index (χ0n) is 22.6. The highest BCUT2D eigenvalue weighted by molar-refractivity contribution is 6.36. The number of piperazine rings is 1. The lowest BCUT2D eigenvalue weighted by molar-refractivity contribution is 0.0917. The van der Waals surface area contributed by atoms with Gasteiger partial charge in [-0.3, -0.25) is 4.79 Å². The van der Waals surface area contributed by atoms with E-state index in [1.54, 1.807) is 6.20 Å². The van der Waals surface area contributed by atoms with Gasteiger partial charge in [0.25, 0.3) is 5.91 Å². The Morgan fingerprint density at radius 3 is 2.21 bits per heavy atom. The Bertz CT molecular complexity index is 1450. The second-order valence-corrected chi connectivity index (χ2v) is 11.3. The number of piperidine rings is 1. The maximum absolute atomic E-state index is 13.0. The molecule has 2 fully saturated rings. The summed E-state index contributed by atoms with van der Waals surface area (Å²) in [4.78, 5) is 28.1. The molecular formula is C31H35ClN6O. The highest BCUT2D eigenvalue weighted by Gasteiger charge is 2.21. The summed E-state index contributed by atoms with van der Waals surface area (Å²) in [6, 6.07) is 18.6. The van der Waals surface area contributed by atoms with Crippen molar-refractivity contribution in [2.24, 2.45) is 0 Å². The molecule has 0 saturated carbocycles. The molecule has 0 atom stereocenters. The van der Waals surface area contributed by atoms with Crippen molar-refractivity contribution in [3.8, 4) is 22.4 Å². The fourth-order valence-electron chi connectivity index (χ4n) is 5.70. The summed E-state index contributed by atoms with van der Waals surface area (Å²) in [5, 5.41) is 4.75. The summed E-state index contributed by atoms with van der Waals surface area (Å²) < 4.78 is 0. The number of carbonyl (C=O) groups excluding carboxylic acids is 1. The van der Waals surface area contributed by atoms with Crippen LogP contribution in [0.5, 0.6) is 0 Å². The van der Waals surface area contributed by atoms with E-state index in [0.29, 0.717) is 10.6 Å². The minimum absolute atomic E-state index is 0.0190. The van der Waals surface area contributed by atoms with Crippen molar-refractivity contribution < 1.29 is 4.79 Å². The predicted octanol–water partition coefficient (Wildman–Crippen LogP) is 5.13. The first-order chi connectivity index (χ1) is 19.0. The van der Waals surface area contributed by atoms with E-state index in [-0.39, 0.29) is 11.9 Å². The number of hydrogen-bond donors (Lipinski definition) is 2. The van der Waals surface area contributed by atoms with Crippen LogP contribution in [-0.2, 0) is 0 Å². The van der Waals surface area contributed by atoms with E-state index in [0.717, 1.165) is 85.5 Å². The van der Waals surface area contributed by atoms with Gasteiger partial charge in [0.1, 0.15) is 5.65 Å². The van der Waals surface area contributed by atoms with Gasteiger partial charge in [0.05, 0.1) is 10.7 Å². The molecular weight excluding hydrogens is 508 g/mol. The van der Waals surface area contributed by atoms with Crippen molar-refractivity contribution in [2.45, 2.75) is 18.9 Å². The molecule has 39 heavy (non-hydrogen) atoms. The number of carbonyl (C=O) groups is 1. The molecule has 202 valence electrons. The number of aromatic nitrogens is 2. The number of likely N-dealkylation sites (N-methyl/N-ethyl adjacent to an activating group) is 1. The number of amides is 1. The quantitative estimate of drug-likeness (QED) is 0.366. The average Bonchev–Trinajstić information content (AvgIpc) is 3.36. The van der Waals surface area contributed by atoms with Crippen molar-refractivity contribution in [3.05, 3.63) is 71.4 Å². The van der Waals surface area contributed by atoms with E-state index in [1.807, 2.05) is 30.3 Å². The SMILES string of the molecule is CN1CCC(NC(=O)c2ccc(-c3c(-c4ccc(N5CCN(C)CC5)cc4)[nH]c4nccc(Cl)c34)cc2)CC1. The summed E-state index contributed by atoms with van der Waals surface area (Å²) in [5.74, 6) is -0.0190. The highest BCUT2D eigenvalue weighted by Crippen LogP contribution is 2.41. The van der Waals surface area contributed by atoms with Crippen molar-refractivity contribution in [2.75, 3.05) is 58.3 Å². The largest absolute Gasteiger partial charge is 0.369 e. The van der Waals surface area contributed by atoms with E-state index in [2.05, 4.69) is 68.3 Å². The van der Waals surface area contributed by atoms with E-state index in [1.165, 1.54) is 5.69 Å². The third-order valence-corrected chi connectivity index (χ3v) is 8.47. The number of pyridine rings is 1. The molecule has 8 heteroatoms. The second kappa shape index (κ2) is 11.0. The van der Waals surface area contributed by atoms with Crippen LogP contribution in [0.1, 0.15) is 23.2 Å². The summed E-state index contributed by atoms with van der Waals surface area (Å²) >= 11 is 6.71. The molecule has 0 aliphatic carbocycles. The first-order valence-electron chi connectivity index (χ1n) is 13.8. The van der Waals surface area contributed by atoms with Crippen molar-refractivity contribution in [3.63, 3.8) is 0 Å². The fourth-order valence-corrected chi connectivity index (χ4v) is 5.94. The molecule has 2 aromatic heterocycles. The number of rotatable bonds is 5. The van der Waals surface area contributed by atoms with Gasteiger partial charge in [-0.25, -0.2) is 4.98 Å². The van der Waals surface area contributed by atoms with Crippen LogP contribution in [0.15, 0.2) is 60.8 Å². The normalized spacial score (nSPS) is 17.6. The van der Waals surface area contributed by atoms with Crippen LogP contribution in [0.4, 0.5) is 5.69 Å². The number of anilines is 1. The lowest BCUT2D eigenvalue weighted by atomic mass is 9.97. The van der Waals surface area contributed by atoms with Gasteiger partial charge in [-0.2, -0.15) is 0 Å². The molecule has 2 N–H and O–H groups in total. The Hall–Kier alpha value is -3.39. The van der Waals surface area contributed by atoms with Crippen LogP contribution in [0, 0.1) is 0 Å². The van der Waals surface area contributed by atoms with E-state index >= 15 is 0 Å². The third kappa shape index (κ3) is 5.39. The van der Waals surface area contributed by atoms with Gasteiger partial charge in [0, 0.05) is 60.6 Å². The topological polar surface area (TPSA) is 67.5 Å². The van der Waals surface area contributed by atoms with Crippen LogP contribution in [0.25, 0.3) is 33.4 Å². The number of nitrogens with one attached hydrogen (secondary N) is 2. The summed E-state index contributed by atoms with van der Waals surface area (Å²) in [7, 11) is 4.30. The number of likely N-dealkylation sites (tertiary alicyclic amines) is 1. The Kier molecular flexibility index (Phi) is 7.30. The first-order valence-corrected chi connectivity index (χ1v) is 14.1. The molecule has 2 aromatic carbocycles. The smallest absolute Gasteiger partial charge is 0.251 e. The monoisotopic (exact) mass is 542 g/mol. The average molecular weight is 543 g/mol. The molecule has 0 spiro atoms. The van der Waals surface area contributed by atoms with Gasteiger partial charge >= 0.3 is 0 Å². The zero-order valence-corrected chi connectivity index (χ0v) is 23.3. The summed E-state index contributed by atoms with van der Waals surface area (Å²) in [6.45, 7) is 6.24. The molecule has 1 amide bonds. The standard InChI is InChI=1S/C31H35ClN6O/c1-36-15-12-24(13-16-36)34-31(39)23-5-3-21(4-6-23)27-28-26(32)11-14-33-30(28)35-29(27)22-7-9-25(10-8-22)38-19-17-37(2)18-20-38/h3-11,14,24H,12-13,15-20H2,1-2H3,(H,33,35)(H,34,39). The number of H-pyrrole nitrogens is 1. The van der Waals surface area contributed by atoms with Crippen molar-refractivity contribution in [1.29, 1.82) is 0 Å². The molecule has 0 unspecified atom stereocenters. The Balaban J connectivity index is 1.30. The molecule has 4 aromatic rings. The summed E-state index contributed by atoms with van der Waals surface area (Å²) in [6.07, 6.45) is 3.69. The van der Waals surface area contributed by atoms with Gasteiger partial charge in [0.2, 0.25) is 0 Å². The van der Waals surface area contributed by atoms with E-state index in [4.69, 9.17) is 11.6 Å². The third-order valence-electron chi connectivity index (χ3n) is 8.16. The van der Waals surface area contributed by atoms with Crippen molar-refractivity contribution in [1.82, 2.24) is 25.1 Å². The van der Waals surface area contributed by atoms with Crippen LogP contribution in [0.2, 0.25) is 5.02 Å². The minimum Gasteiger partial charge on any atom is -0.369 e. The number of nitrogens with zero attached hydrogens (tertiary/aromatic N) is 4. The Morgan fingerprint density at radius 2 is 1.51 bits per heavy atom. The molecule has 2 aliphatic rings. The maximum Gasteiger partial charge on any atom is 0.251 e. The highest BCUT2D eigenvalue weighted by atomic mass is 35.5. The van der Waals surface area contributed by atoms with Gasteiger partial charge < -0.3 is 25.0 Å². The van der Waals surface area contributed by atoms with Gasteiger partial charge in [-0.15, -0.1) is 0 Å². The Labute approximate surface area is 234 Å². The molecule has 7 nitrogen and oxygen atoms in total. The number of benzene rings is 2. The van der Waals surface area contributed by atoms with Crippen LogP contribution in [-0.4, -0.2) is 85.1 Å². The number of hydrogen-bond acceptors (Lipinski definition) is 5. The molecule has 0 radical (unpaired) electrons. The first kappa shape index (κ1) is 25.9. The van der Waals surface area contributed by atoms with Crippen LogP contribution < -0.4 is 10.2 Å². The maximum atomic E-state index is 13.0. The number of halogens is 1. The molecule has 4 heterocycles. The number of fused-ring (bicyclic) bond motifs is 1. The van der Waals surface area contributed by atoms with Gasteiger partial charge in [-0.1, -0.05) is 35.9 Å². The Morgan fingerprint density at radius 1 is 0.872 bits per heavy atom. The molecule has 2 saturated heterocycles.